The van der Waals surface area contributed by atoms with Crippen molar-refractivity contribution in [2.24, 2.45) is 5.73 Å². The van der Waals surface area contributed by atoms with E-state index < -0.39 is 11.7 Å². The molecule has 0 atom stereocenters. The number of nitrogens with two attached hydrogens (primary N) is 1. The van der Waals surface area contributed by atoms with E-state index in [2.05, 4.69) is 4.98 Å². The number of aromatic nitrogens is 1. The largest absolute Gasteiger partial charge is 0.505 e. The number of benzene rings is 1. The first-order chi connectivity index (χ1) is 10.2. The maximum absolute atomic E-state index is 10.7. The Hall–Kier alpha value is -2.38. The smallest absolute Gasteiger partial charge is 0.358 e. The molecule has 0 saturated heterocycles. The van der Waals surface area contributed by atoms with Crippen molar-refractivity contribution in [3.8, 4) is 5.75 Å². The minimum atomic E-state index is -1.31. The fourth-order valence-corrected chi connectivity index (χ4v) is 1.92. The van der Waals surface area contributed by atoms with Gasteiger partial charge in [-0.15, -0.1) is 0 Å². The van der Waals surface area contributed by atoms with E-state index in [1.165, 1.54) is 0 Å². The van der Waals surface area contributed by atoms with Gasteiger partial charge in [-0.05, 0) is 14.1 Å². The second-order valence-electron chi connectivity index (χ2n) is 4.65. The van der Waals surface area contributed by atoms with E-state index in [-0.39, 0.29) is 16.8 Å². The number of amides is 1. The van der Waals surface area contributed by atoms with Gasteiger partial charge in [0, 0.05) is 10.8 Å². The summed E-state index contributed by atoms with van der Waals surface area (Å²) in [4.78, 5) is 26.1. The van der Waals surface area contributed by atoms with Gasteiger partial charge in [0.15, 0.2) is 11.4 Å². The molecular weight excluding hydrogens is 310 g/mol. The molecule has 8 heteroatoms. The number of carbonyl (C=O) groups is 2. The Morgan fingerprint density at radius 2 is 1.82 bits per heavy atom. The van der Waals surface area contributed by atoms with E-state index in [4.69, 9.17) is 22.4 Å². The van der Waals surface area contributed by atoms with E-state index in [1.807, 2.05) is 0 Å². The summed E-state index contributed by atoms with van der Waals surface area (Å²) in [6.07, 6.45) is 0. The monoisotopic (exact) mass is 325 g/mol. The lowest BCUT2D eigenvalue weighted by molar-refractivity contribution is -0.118. The number of halogens is 1. The van der Waals surface area contributed by atoms with Crippen LogP contribution in [0.15, 0.2) is 24.3 Å². The number of hydrogen-bond acceptors (Lipinski definition) is 5. The molecule has 0 aliphatic carbocycles. The molecule has 0 fully saturated rings. The average molecular weight is 326 g/mol. The van der Waals surface area contributed by atoms with E-state index in [9.17, 15) is 14.7 Å². The summed E-state index contributed by atoms with van der Waals surface area (Å²) in [6.45, 7) is 0.333. The summed E-state index contributed by atoms with van der Waals surface area (Å²) in [5.41, 5.74) is 4.38. The minimum absolute atomic E-state index is 0.0702. The van der Waals surface area contributed by atoms with Crippen LogP contribution in [0.1, 0.15) is 10.5 Å². The highest BCUT2D eigenvalue weighted by Gasteiger charge is 2.16. The van der Waals surface area contributed by atoms with Crippen molar-refractivity contribution in [2.45, 2.75) is 0 Å². The second-order valence-corrected chi connectivity index (χ2v) is 5.01. The highest BCUT2D eigenvalue weighted by Crippen LogP contribution is 2.31. The number of hydrogen-bond donors (Lipinski definition) is 3. The van der Waals surface area contributed by atoms with Gasteiger partial charge in [0.05, 0.1) is 6.54 Å². The van der Waals surface area contributed by atoms with E-state index in [0.29, 0.717) is 17.3 Å². The van der Waals surface area contributed by atoms with Crippen molar-refractivity contribution in [2.75, 3.05) is 20.6 Å². The van der Waals surface area contributed by atoms with Gasteiger partial charge in [-0.1, -0.05) is 35.9 Å². The van der Waals surface area contributed by atoms with Crippen LogP contribution >= 0.6 is 11.6 Å². The lowest BCUT2D eigenvalue weighted by atomic mass is 10.1. The fourth-order valence-electron chi connectivity index (χ4n) is 1.67. The molecule has 0 radical (unpaired) electrons. The summed E-state index contributed by atoms with van der Waals surface area (Å²) >= 11 is 5.79. The number of carboxylic acids is 1. The first-order valence-electron chi connectivity index (χ1n) is 6.17. The maximum Gasteiger partial charge on any atom is 0.358 e. The molecule has 22 heavy (non-hydrogen) atoms. The number of aromatic carboxylic acids is 1. The van der Waals surface area contributed by atoms with Crippen molar-refractivity contribution in [3.05, 3.63) is 35.1 Å². The maximum atomic E-state index is 10.7. The van der Waals surface area contributed by atoms with Gasteiger partial charge in [-0.2, -0.15) is 0 Å². The number of aromatic hydroxyl groups is 1. The Morgan fingerprint density at radius 3 is 2.23 bits per heavy atom. The topological polar surface area (TPSA) is 117 Å². The molecular formula is C14H16ClN3O4. The third-order valence-corrected chi connectivity index (χ3v) is 2.80. The van der Waals surface area contributed by atoms with Crippen LogP contribution < -0.4 is 5.73 Å². The molecule has 1 aromatic carbocycles. The number of likely N-dealkylation sites (N-methyl/N-ethyl adjacent to an activating group) is 1. The highest BCUT2D eigenvalue weighted by atomic mass is 35.5. The molecule has 2 aromatic rings. The average Bonchev–Trinajstić information content (AvgIpc) is 2.42. The van der Waals surface area contributed by atoms with E-state index in [1.54, 1.807) is 43.3 Å². The van der Waals surface area contributed by atoms with Gasteiger partial charge in [0.25, 0.3) is 0 Å². The van der Waals surface area contributed by atoms with Gasteiger partial charge in [0.1, 0.15) is 5.15 Å². The van der Waals surface area contributed by atoms with Gasteiger partial charge in [-0.25, -0.2) is 9.78 Å². The van der Waals surface area contributed by atoms with Crippen LogP contribution in [-0.4, -0.2) is 52.6 Å². The number of carboxylic acid groups (broad SMARTS) is 1. The molecule has 1 heterocycles. The number of nitrogens with zero attached hydrogens (tertiary/aromatic N) is 2. The standard InChI is InChI=1S/C10H6ClNO3.C4H10N2O/c11-9-6-4-2-1-3-5(6)8(13)7(12-9)10(14)15;1-6(2)3-4(5)7/h1-4,13H,(H,14,15);3H2,1-2H3,(H2,5,7). The fraction of sp³-hybridized carbons (Fsp3) is 0.214. The molecule has 0 spiro atoms. The second kappa shape index (κ2) is 7.58. The number of primary amides is 1. The normalized spacial score (nSPS) is 10.2. The molecule has 7 nitrogen and oxygen atoms in total. The summed E-state index contributed by atoms with van der Waals surface area (Å²) in [7, 11) is 3.59. The molecule has 0 aliphatic rings. The van der Waals surface area contributed by atoms with Crippen LogP contribution in [-0.2, 0) is 4.79 Å². The molecule has 1 aromatic heterocycles. The Labute approximate surface area is 131 Å². The van der Waals surface area contributed by atoms with Gasteiger partial charge < -0.3 is 20.8 Å². The first kappa shape index (κ1) is 17.7. The molecule has 0 unspecified atom stereocenters. The quantitative estimate of drug-likeness (QED) is 0.733. The lowest BCUT2D eigenvalue weighted by Crippen LogP contribution is -2.27. The Bertz CT molecular complexity index is 704. The third-order valence-electron chi connectivity index (χ3n) is 2.51. The predicted molar refractivity (Wildman–Crippen MR) is 83.1 cm³/mol. The Kier molecular flexibility index (Phi) is 6.09. The molecule has 118 valence electrons. The predicted octanol–water partition coefficient (Wildman–Crippen LogP) is 1.33. The highest BCUT2D eigenvalue weighted by molar-refractivity contribution is 6.34. The third kappa shape index (κ3) is 4.57. The van der Waals surface area contributed by atoms with Gasteiger partial charge >= 0.3 is 5.97 Å². The SMILES string of the molecule is CN(C)CC(N)=O.O=C(O)c1nc(Cl)c2ccccc2c1O. The summed E-state index contributed by atoms with van der Waals surface area (Å²) in [6, 6.07) is 6.67. The zero-order valence-electron chi connectivity index (χ0n) is 12.1. The molecule has 0 bridgehead atoms. The summed E-state index contributed by atoms with van der Waals surface area (Å²) in [5.74, 6) is -1.95. The van der Waals surface area contributed by atoms with Crippen LogP contribution in [0.3, 0.4) is 0 Å². The van der Waals surface area contributed by atoms with Crippen molar-refractivity contribution in [1.82, 2.24) is 9.88 Å². The number of fused-ring (bicyclic) bond motifs is 1. The lowest BCUT2D eigenvalue weighted by Gasteiger charge is -2.05. The van der Waals surface area contributed by atoms with Crippen LogP contribution in [0.2, 0.25) is 5.15 Å². The molecule has 0 saturated carbocycles. The van der Waals surface area contributed by atoms with Crippen LogP contribution in [0.4, 0.5) is 0 Å². The van der Waals surface area contributed by atoms with Crippen molar-refractivity contribution in [1.29, 1.82) is 0 Å². The molecule has 1 amide bonds. The Balaban J connectivity index is 0.000000295. The molecule has 0 aliphatic heterocycles. The number of pyridine rings is 1. The van der Waals surface area contributed by atoms with E-state index in [0.717, 1.165) is 0 Å². The van der Waals surface area contributed by atoms with Gasteiger partial charge in [0.2, 0.25) is 5.91 Å². The van der Waals surface area contributed by atoms with Crippen molar-refractivity contribution >= 4 is 34.2 Å². The number of rotatable bonds is 3. The van der Waals surface area contributed by atoms with Crippen LogP contribution in [0, 0.1) is 0 Å². The van der Waals surface area contributed by atoms with Crippen LogP contribution in [0.25, 0.3) is 10.8 Å². The Morgan fingerprint density at radius 1 is 1.27 bits per heavy atom. The molecule has 4 N–H and O–H groups in total. The first-order valence-corrected chi connectivity index (χ1v) is 6.55. The van der Waals surface area contributed by atoms with Crippen molar-refractivity contribution in [3.63, 3.8) is 0 Å². The zero-order valence-corrected chi connectivity index (χ0v) is 12.8. The van der Waals surface area contributed by atoms with E-state index >= 15 is 0 Å². The minimum Gasteiger partial charge on any atom is -0.505 e. The zero-order chi connectivity index (χ0) is 16.9. The van der Waals surface area contributed by atoms with Crippen molar-refractivity contribution < 1.29 is 19.8 Å². The molecule has 2 rings (SSSR count). The van der Waals surface area contributed by atoms with Gasteiger partial charge in [-0.3, -0.25) is 4.79 Å². The summed E-state index contributed by atoms with van der Waals surface area (Å²) in [5, 5.41) is 19.4. The van der Waals surface area contributed by atoms with Crippen LogP contribution in [0.5, 0.6) is 5.75 Å². The number of carbonyl (C=O) groups excluding carboxylic acids is 1. The summed E-state index contributed by atoms with van der Waals surface area (Å²) < 4.78 is 0.